The molecule has 98 valence electrons. The number of aromatic nitrogens is 2. The summed E-state index contributed by atoms with van der Waals surface area (Å²) in [6.45, 7) is 9.76. The van der Waals surface area contributed by atoms with Crippen LogP contribution in [0.4, 0.5) is 0 Å². The maximum absolute atomic E-state index is 8.66. The minimum atomic E-state index is 0.422. The topological polar surface area (TPSA) is 48.1 Å². The molecule has 5 heteroatoms. The monoisotopic (exact) mass is 247 g/mol. The van der Waals surface area contributed by atoms with Crippen LogP contribution in [-0.2, 0) is 6.54 Å². The summed E-state index contributed by atoms with van der Waals surface area (Å²) >= 11 is 0. The Bertz CT molecular complexity index is 409. The molecule has 0 aliphatic carbocycles. The number of hydrogen-bond donors (Lipinski definition) is 0. The number of nitrogens with zero attached hydrogens (tertiary/aromatic N) is 5. The van der Waals surface area contributed by atoms with Crippen LogP contribution < -0.4 is 0 Å². The van der Waals surface area contributed by atoms with Gasteiger partial charge in [0.05, 0.1) is 18.3 Å². The third kappa shape index (κ3) is 3.31. The lowest BCUT2D eigenvalue weighted by Gasteiger charge is -2.32. The summed E-state index contributed by atoms with van der Waals surface area (Å²) < 4.78 is 2.00. The highest BCUT2D eigenvalue weighted by molar-refractivity contribution is 5.00. The molecule has 18 heavy (non-hydrogen) atoms. The second kappa shape index (κ2) is 5.98. The van der Waals surface area contributed by atoms with Gasteiger partial charge in [0.1, 0.15) is 0 Å². The Morgan fingerprint density at radius 1 is 1.28 bits per heavy atom. The first kappa shape index (κ1) is 13.1. The molecule has 0 bridgehead atoms. The Balaban J connectivity index is 1.82. The van der Waals surface area contributed by atoms with Gasteiger partial charge in [0, 0.05) is 45.0 Å². The van der Waals surface area contributed by atoms with Crippen molar-refractivity contribution in [1.82, 2.24) is 19.6 Å². The van der Waals surface area contributed by atoms with Crippen LogP contribution in [0.3, 0.4) is 0 Å². The van der Waals surface area contributed by atoms with Gasteiger partial charge in [-0.25, -0.2) is 0 Å². The van der Waals surface area contributed by atoms with Crippen molar-refractivity contribution in [3.8, 4) is 6.07 Å². The molecule has 2 rings (SSSR count). The molecule has 0 amide bonds. The van der Waals surface area contributed by atoms with Gasteiger partial charge in [-0.2, -0.15) is 10.4 Å². The minimum absolute atomic E-state index is 0.422. The first-order chi connectivity index (χ1) is 8.69. The maximum atomic E-state index is 8.66. The van der Waals surface area contributed by atoms with Gasteiger partial charge >= 0.3 is 0 Å². The molecule has 0 N–H and O–H groups in total. The quantitative estimate of drug-likeness (QED) is 0.748. The molecule has 1 saturated heterocycles. The number of hydrogen-bond acceptors (Lipinski definition) is 4. The zero-order chi connectivity index (χ0) is 13.0. The molecule has 0 aromatic carbocycles. The minimum Gasteiger partial charge on any atom is -0.295 e. The fraction of sp³-hybridized carbons (Fsp3) is 0.692. The van der Waals surface area contributed by atoms with E-state index in [9.17, 15) is 0 Å². The van der Waals surface area contributed by atoms with Crippen LogP contribution in [0.15, 0.2) is 12.3 Å². The summed E-state index contributed by atoms with van der Waals surface area (Å²) in [5, 5.41) is 13.2. The first-order valence-electron chi connectivity index (χ1n) is 6.54. The van der Waals surface area contributed by atoms with E-state index in [1.807, 2.05) is 10.9 Å². The number of nitriles is 1. The number of rotatable bonds is 4. The Morgan fingerprint density at radius 2 is 1.94 bits per heavy atom. The van der Waals surface area contributed by atoms with E-state index in [-0.39, 0.29) is 0 Å². The third-order valence-electron chi connectivity index (χ3n) is 3.34. The van der Waals surface area contributed by atoms with Crippen LogP contribution in [0.1, 0.15) is 25.6 Å². The van der Waals surface area contributed by atoms with Gasteiger partial charge in [-0.3, -0.25) is 14.5 Å². The van der Waals surface area contributed by atoms with Crippen molar-refractivity contribution in [2.45, 2.75) is 26.4 Å². The second-order valence-electron chi connectivity index (χ2n) is 5.09. The van der Waals surface area contributed by atoms with E-state index in [1.165, 1.54) is 0 Å². The van der Waals surface area contributed by atoms with Crippen molar-refractivity contribution in [3.05, 3.63) is 18.0 Å². The lowest BCUT2D eigenvalue weighted by molar-refractivity contribution is 0.136. The van der Waals surface area contributed by atoms with Gasteiger partial charge < -0.3 is 0 Å². The lowest BCUT2D eigenvalue weighted by atomic mass is 10.3. The van der Waals surface area contributed by atoms with Gasteiger partial charge in [-0.05, 0) is 19.9 Å². The molecule has 1 aromatic heterocycles. The average Bonchev–Trinajstić information content (AvgIpc) is 2.81. The Labute approximate surface area is 109 Å². The summed E-state index contributed by atoms with van der Waals surface area (Å²) in [6.07, 6.45) is 2.05. The average molecular weight is 247 g/mol. The molecule has 0 saturated carbocycles. The largest absolute Gasteiger partial charge is 0.295 e. The van der Waals surface area contributed by atoms with Crippen molar-refractivity contribution in [2.24, 2.45) is 0 Å². The zero-order valence-corrected chi connectivity index (χ0v) is 11.2. The second-order valence-corrected chi connectivity index (χ2v) is 5.09. The normalized spacial score (nSPS) is 18.1. The molecule has 1 aliphatic heterocycles. The van der Waals surface area contributed by atoms with Gasteiger partial charge in [-0.1, -0.05) is 0 Å². The highest BCUT2D eigenvalue weighted by atomic mass is 15.3. The highest BCUT2D eigenvalue weighted by Gasteiger charge is 2.17. The predicted octanol–water partition coefficient (Wildman–Crippen LogP) is 1.11. The van der Waals surface area contributed by atoms with Crippen LogP contribution in [0.5, 0.6) is 0 Å². The summed E-state index contributed by atoms with van der Waals surface area (Å²) in [4.78, 5) is 4.60. The van der Waals surface area contributed by atoms with Crippen LogP contribution in [0, 0.1) is 11.3 Å². The summed E-state index contributed by atoms with van der Waals surface area (Å²) in [5.74, 6) is 0. The number of piperazine rings is 1. The molecular formula is C13H21N5. The predicted molar refractivity (Wildman–Crippen MR) is 69.9 cm³/mol. The molecule has 1 fully saturated rings. The summed E-state index contributed by atoms with van der Waals surface area (Å²) in [7, 11) is 0. The Hall–Kier alpha value is -1.38. The molecule has 5 nitrogen and oxygen atoms in total. The molecule has 1 aromatic rings. The molecular weight excluding hydrogens is 226 g/mol. The fourth-order valence-corrected chi connectivity index (χ4v) is 2.18. The van der Waals surface area contributed by atoms with Crippen LogP contribution in [0.25, 0.3) is 0 Å². The van der Waals surface area contributed by atoms with Crippen molar-refractivity contribution >= 4 is 0 Å². The summed E-state index contributed by atoms with van der Waals surface area (Å²) in [5.41, 5.74) is 1.14. The van der Waals surface area contributed by atoms with Gasteiger partial charge in [0.15, 0.2) is 0 Å². The highest BCUT2D eigenvalue weighted by Crippen LogP contribution is 2.09. The van der Waals surface area contributed by atoms with Crippen molar-refractivity contribution < 1.29 is 0 Å². The standard InChI is InChI=1S/C13H21N5/c1-12(2)18-5-3-13(15-18)11-17-9-7-16(6-4-14)8-10-17/h3,5,12H,6-11H2,1-2H3. The van der Waals surface area contributed by atoms with Crippen LogP contribution in [-0.4, -0.2) is 52.3 Å². The van der Waals surface area contributed by atoms with E-state index >= 15 is 0 Å². The van der Waals surface area contributed by atoms with E-state index in [1.54, 1.807) is 0 Å². The van der Waals surface area contributed by atoms with E-state index in [0.29, 0.717) is 12.6 Å². The smallest absolute Gasteiger partial charge is 0.0866 e. The lowest BCUT2D eigenvalue weighted by Crippen LogP contribution is -2.45. The summed E-state index contributed by atoms with van der Waals surface area (Å²) in [6, 6.07) is 4.73. The van der Waals surface area contributed by atoms with Gasteiger partial charge in [0.2, 0.25) is 0 Å². The Morgan fingerprint density at radius 3 is 2.50 bits per heavy atom. The van der Waals surface area contributed by atoms with Crippen LogP contribution >= 0.6 is 0 Å². The van der Waals surface area contributed by atoms with Crippen molar-refractivity contribution in [3.63, 3.8) is 0 Å². The molecule has 1 aliphatic rings. The Kier molecular flexibility index (Phi) is 4.34. The molecule has 0 unspecified atom stereocenters. The molecule has 2 heterocycles. The van der Waals surface area contributed by atoms with E-state index < -0.39 is 0 Å². The van der Waals surface area contributed by atoms with E-state index in [0.717, 1.165) is 38.4 Å². The fourth-order valence-electron chi connectivity index (χ4n) is 2.18. The van der Waals surface area contributed by atoms with Crippen LogP contribution in [0.2, 0.25) is 0 Å². The van der Waals surface area contributed by atoms with E-state index in [4.69, 9.17) is 5.26 Å². The van der Waals surface area contributed by atoms with Crippen molar-refractivity contribution in [1.29, 1.82) is 5.26 Å². The van der Waals surface area contributed by atoms with Gasteiger partial charge in [-0.15, -0.1) is 0 Å². The first-order valence-corrected chi connectivity index (χ1v) is 6.54. The SMILES string of the molecule is CC(C)n1ccc(CN2CCN(CC#N)CC2)n1. The third-order valence-corrected chi connectivity index (χ3v) is 3.34. The van der Waals surface area contributed by atoms with E-state index in [2.05, 4.69) is 40.9 Å². The maximum Gasteiger partial charge on any atom is 0.0866 e. The molecule has 0 atom stereocenters. The molecule has 0 spiro atoms. The van der Waals surface area contributed by atoms with Crippen molar-refractivity contribution in [2.75, 3.05) is 32.7 Å². The molecule has 0 radical (unpaired) electrons. The zero-order valence-electron chi connectivity index (χ0n) is 11.2. The van der Waals surface area contributed by atoms with Gasteiger partial charge in [0.25, 0.3) is 0 Å².